The topological polar surface area (TPSA) is 72.2 Å². The summed E-state index contributed by atoms with van der Waals surface area (Å²) in [6, 6.07) is 6.62. The van der Waals surface area contributed by atoms with Crippen LogP contribution in [-0.4, -0.2) is 13.6 Å². The molecule has 21 heavy (non-hydrogen) atoms. The molecule has 1 N–H and O–H groups in total. The summed E-state index contributed by atoms with van der Waals surface area (Å²) in [6.07, 6.45) is 0. The predicted molar refractivity (Wildman–Crippen MR) is 84.9 cm³/mol. The number of rotatable bonds is 3. The minimum atomic E-state index is -3.72. The summed E-state index contributed by atoms with van der Waals surface area (Å²) >= 11 is 3.27. The highest BCUT2D eigenvalue weighted by Crippen LogP contribution is 2.27. The SMILES string of the molecule is Cc1ccc(S(=O)(=O)Nc2cc(C(C)(C)C)no2)c(Br)c1. The fraction of sp³-hybridized carbons (Fsp3) is 0.357. The summed E-state index contributed by atoms with van der Waals surface area (Å²) in [5.74, 6) is 0.104. The molecule has 2 rings (SSSR count). The number of benzene rings is 1. The number of nitrogens with zero attached hydrogens (tertiary/aromatic N) is 1. The number of aryl methyl sites for hydroxylation is 1. The standard InChI is InChI=1S/C14H17BrN2O3S/c1-9-5-6-11(10(15)7-9)21(18,19)17-13-8-12(16-20-13)14(2,3)4/h5-8,17H,1-4H3. The first-order chi connectivity index (χ1) is 9.59. The van der Waals surface area contributed by atoms with Gasteiger partial charge in [0.05, 0.1) is 5.69 Å². The van der Waals surface area contributed by atoms with Crippen LogP contribution in [0.1, 0.15) is 32.0 Å². The van der Waals surface area contributed by atoms with E-state index in [2.05, 4.69) is 25.8 Å². The van der Waals surface area contributed by atoms with E-state index in [9.17, 15) is 8.42 Å². The van der Waals surface area contributed by atoms with Crippen LogP contribution in [-0.2, 0) is 15.4 Å². The minimum absolute atomic E-state index is 0.104. The Morgan fingerprint density at radius 2 is 1.90 bits per heavy atom. The van der Waals surface area contributed by atoms with Crippen LogP contribution < -0.4 is 4.72 Å². The van der Waals surface area contributed by atoms with Gasteiger partial charge in [-0.2, -0.15) is 0 Å². The Hall–Kier alpha value is -1.34. The molecule has 5 nitrogen and oxygen atoms in total. The van der Waals surface area contributed by atoms with Gasteiger partial charge in [0.15, 0.2) is 0 Å². The third kappa shape index (κ3) is 3.65. The summed E-state index contributed by atoms with van der Waals surface area (Å²) in [5.41, 5.74) is 1.44. The first kappa shape index (κ1) is 16.0. The summed E-state index contributed by atoms with van der Waals surface area (Å²) in [7, 11) is -3.72. The van der Waals surface area contributed by atoms with E-state index in [0.717, 1.165) is 5.56 Å². The molecule has 0 bridgehead atoms. The van der Waals surface area contributed by atoms with Gasteiger partial charge >= 0.3 is 0 Å². The molecule has 1 aromatic carbocycles. The highest BCUT2D eigenvalue weighted by molar-refractivity contribution is 9.10. The van der Waals surface area contributed by atoms with E-state index in [0.29, 0.717) is 10.2 Å². The average Bonchev–Trinajstić information content (AvgIpc) is 2.75. The van der Waals surface area contributed by atoms with E-state index < -0.39 is 10.0 Å². The lowest BCUT2D eigenvalue weighted by Crippen LogP contribution is -2.13. The normalized spacial score (nSPS) is 12.4. The van der Waals surface area contributed by atoms with Crippen LogP contribution in [0.3, 0.4) is 0 Å². The van der Waals surface area contributed by atoms with Crippen molar-refractivity contribution in [2.75, 3.05) is 4.72 Å². The molecular formula is C14H17BrN2O3S. The molecule has 0 radical (unpaired) electrons. The van der Waals surface area contributed by atoms with Crippen molar-refractivity contribution in [1.29, 1.82) is 0 Å². The van der Waals surface area contributed by atoms with Crippen molar-refractivity contribution in [3.8, 4) is 0 Å². The molecule has 0 aliphatic heterocycles. The number of sulfonamides is 1. The lowest BCUT2D eigenvalue weighted by atomic mass is 9.92. The zero-order chi connectivity index (χ0) is 15.8. The van der Waals surface area contributed by atoms with Crippen LogP contribution >= 0.6 is 15.9 Å². The molecule has 0 aliphatic rings. The van der Waals surface area contributed by atoms with Gasteiger partial charge in [0.2, 0.25) is 5.88 Å². The zero-order valence-electron chi connectivity index (χ0n) is 12.3. The van der Waals surface area contributed by atoms with Gasteiger partial charge in [-0.1, -0.05) is 32.0 Å². The summed E-state index contributed by atoms with van der Waals surface area (Å²) in [5, 5.41) is 3.89. The molecule has 0 saturated carbocycles. The average molecular weight is 373 g/mol. The molecule has 0 aliphatic carbocycles. The summed E-state index contributed by atoms with van der Waals surface area (Å²) in [4.78, 5) is 0.154. The van der Waals surface area contributed by atoms with Crippen molar-refractivity contribution in [1.82, 2.24) is 5.16 Å². The largest absolute Gasteiger partial charge is 0.338 e. The van der Waals surface area contributed by atoms with Crippen LogP contribution in [0.25, 0.3) is 0 Å². The molecule has 114 valence electrons. The highest BCUT2D eigenvalue weighted by Gasteiger charge is 2.23. The van der Waals surface area contributed by atoms with Gasteiger partial charge in [-0.05, 0) is 40.5 Å². The van der Waals surface area contributed by atoms with Gasteiger partial charge in [-0.25, -0.2) is 13.1 Å². The van der Waals surface area contributed by atoms with E-state index in [1.54, 1.807) is 24.3 Å². The number of halogens is 1. The van der Waals surface area contributed by atoms with E-state index in [-0.39, 0.29) is 16.2 Å². The fourth-order valence-electron chi connectivity index (χ4n) is 1.69. The lowest BCUT2D eigenvalue weighted by Gasteiger charge is -2.12. The number of hydrogen-bond acceptors (Lipinski definition) is 4. The molecule has 1 aromatic heterocycles. The van der Waals surface area contributed by atoms with Crippen molar-refractivity contribution in [2.45, 2.75) is 38.0 Å². The molecule has 2 aromatic rings. The summed E-state index contributed by atoms with van der Waals surface area (Å²) < 4.78 is 32.7. The van der Waals surface area contributed by atoms with Gasteiger partial charge in [0, 0.05) is 16.0 Å². The maximum atomic E-state index is 12.4. The fourth-order valence-corrected chi connectivity index (χ4v) is 3.85. The maximum Gasteiger partial charge on any atom is 0.265 e. The van der Waals surface area contributed by atoms with Crippen LogP contribution in [0.2, 0.25) is 0 Å². The van der Waals surface area contributed by atoms with Crippen molar-refractivity contribution in [2.24, 2.45) is 0 Å². The number of hydrogen-bond donors (Lipinski definition) is 1. The van der Waals surface area contributed by atoms with Gasteiger partial charge in [0.25, 0.3) is 10.0 Å². The first-order valence-corrected chi connectivity index (χ1v) is 8.63. The number of anilines is 1. The van der Waals surface area contributed by atoms with Gasteiger partial charge in [0.1, 0.15) is 4.90 Å². The second-order valence-electron chi connectivity index (χ2n) is 5.87. The van der Waals surface area contributed by atoms with E-state index >= 15 is 0 Å². The van der Waals surface area contributed by atoms with E-state index in [1.165, 1.54) is 0 Å². The molecule has 0 amide bonds. The highest BCUT2D eigenvalue weighted by atomic mass is 79.9. The van der Waals surface area contributed by atoms with Gasteiger partial charge in [-0.15, -0.1) is 0 Å². The minimum Gasteiger partial charge on any atom is -0.338 e. The lowest BCUT2D eigenvalue weighted by molar-refractivity contribution is 0.405. The Morgan fingerprint density at radius 3 is 2.43 bits per heavy atom. The second kappa shape index (κ2) is 5.46. The molecule has 0 fully saturated rings. The van der Waals surface area contributed by atoms with Crippen LogP contribution in [0, 0.1) is 6.92 Å². The smallest absolute Gasteiger partial charge is 0.265 e. The second-order valence-corrected chi connectivity index (χ2v) is 8.37. The van der Waals surface area contributed by atoms with Crippen molar-refractivity contribution in [3.05, 3.63) is 40.0 Å². The Kier molecular flexibility index (Phi) is 4.17. The third-order valence-corrected chi connectivity index (χ3v) is 5.21. The zero-order valence-corrected chi connectivity index (χ0v) is 14.7. The number of aromatic nitrogens is 1. The Morgan fingerprint density at radius 1 is 1.24 bits per heavy atom. The Balaban J connectivity index is 2.31. The van der Waals surface area contributed by atoms with Crippen molar-refractivity contribution < 1.29 is 12.9 Å². The van der Waals surface area contributed by atoms with Gasteiger partial charge < -0.3 is 4.52 Å². The predicted octanol–water partition coefficient (Wildman–Crippen LogP) is 3.84. The van der Waals surface area contributed by atoms with E-state index in [1.807, 2.05) is 27.7 Å². The van der Waals surface area contributed by atoms with Gasteiger partial charge in [-0.3, -0.25) is 0 Å². The van der Waals surface area contributed by atoms with Crippen molar-refractivity contribution >= 4 is 31.8 Å². The monoisotopic (exact) mass is 372 g/mol. The van der Waals surface area contributed by atoms with Crippen LogP contribution in [0.4, 0.5) is 5.88 Å². The first-order valence-electron chi connectivity index (χ1n) is 6.36. The quantitative estimate of drug-likeness (QED) is 0.887. The molecule has 0 saturated heterocycles. The molecule has 0 unspecified atom stereocenters. The molecule has 0 atom stereocenters. The van der Waals surface area contributed by atoms with Crippen LogP contribution in [0.15, 0.2) is 38.2 Å². The third-order valence-electron chi connectivity index (χ3n) is 2.89. The summed E-state index contributed by atoms with van der Waals surface area (Å²) in [6.45, 7) is 7.81. The van der Waals surface area contributed by atoms with Crippen LogP contribution in [0.5, 0.6) is 0 Å². The Labute approximate surface area is 132 Å². The number of nitrogens with one attached hydrogen (secondary N) is 1. The molecule has 1 heterocycles. The molecule has 0 spiro atoms. The van der Waals surface area contributed by atoms with Crippen molar-refractivity contribution in [3.63, 3.8) is 0 Å². The maximum absolute atomic E-state index is 12.4. The Bertz CT molecular complexity index is 761. The van der Waals surface area contributed by atoms with E-state index in [4.69, 9.17) is 4.52 Å². The molecule has 7 heteroatoms. The molecular weight excluding hydrogens is 356 g/mol.